The molecule has 1 aliphatic rings. The number of hydrogen-bond acceptors (Lipinski definition) is 9. The van der Waals surface area contributed by atoms with Gasteiger partial charge in [0.2, 0.25) is 0 Å². The minimum absolute atomic E-state index is 0.0735. The molecule has 0 aromatic carbocycles. The summed E-state index contributed by atoms with van der Waals surface area (Å²) in [6.45, 7) is 0.920. The Bertz CT molecular complexity index is 346. The Kier molecular flexibility index (Phi) is 7.63. The number of carbonyl (C=O) groups is 1. The van der Waals surface area contributed by atoms with E-state index in [1.807, 2.05) is 0 Å². The van der Waals surface area contributed by atoms with E-state index in [0.29, 0.717) is 0 Å². The lowest BCUT2D eigenvalue weighted by molar-refractivity contribution is -0.312. The number of esters is 1. The van der Waals surface area contributed by atoms with E-state index in [1.165, 1.54) is 14.0 Å². The van der Waals surface area contributed by atoms with E-state index >= 15 is 0 Å². The van der Waals surface area contributed by atoms with Crippen LogP contribution in [0.15, 0.2) is 0 Å². The molecule has 22 heavy (non-hydrogen) atoms. The van der Waals surface area contributed by atoms with Gasteiger partial charge in [0.1, 0.15) is 24.4 Å². The molecular formula is C13H24O9. The standard InChI is InChI=1S/C13H24O9/c1-6(15)3-7(4-9(16)20-2)21-13-12(19)11(18)10(17)8(5-14)22-13/h6-8,10-15,17-19H,3-5H2,1-2H3/t6-,7-,8-,10-,11+,12-,13-/m1/s1. The van der Waals surface area contributed by atoms with Crippen LogP contribution in [0.4, 0.5) is 0 Å². The molecule has 0 amide bonds. The van der Waals surface area contributed by atoms with Crippen LogP contribution in [-0.4, -0.2) is 88.1 Å². The van der Waals surface area contributed by atoms with Crippen molar-refractivity contribution in [3.8, 4) is 0 Å². The summed E-state index contributed by atoms with van der Waals surface area (Å²) in [5, 5.41) is 47.8. The molecule has 0 bridgehead atoms. The van der Waals surface area contributed by atoms with Gasteiger partial charge in [-0.25, -0.2) is 0 Å². The molecule has 0 aliphatic carbocycles. The molecule has 0 aromatic heterocycles. The normalized spacial score (nSPS) is 35.0. The molecule has 0 aromatic rings. The Morgan fingerprint density at radius 1 is 1.23 bits per heavy atom. The first-order valence-corrected chi connectivity index (χ1v) is 7.01. The van der Waals surface area contributed by atoms with E-state index in [4.69, 9.17) is 14.6 Å². The predicted molar refractivity (Wildman–Crippen MR) is 71.6 cm³/mol. The van der Waals surface area contributed by atoms with Crippen LogP contribution in [-0.2, 0) is 19.0 Å². The van der Waals surface area contributed by atoms with Gasteiger partial charge in [-0.05, 0) is 13.3 Å². The predicted octanol–water partition coefficient (Wildman–Crippen LogP) is -2.49. The first-order valence-electron chi connectivity index (χ1n) is 7.01. The Morgan fingerprint density at radius 2 is 1.86 bits per heavy atom. The highest BCUT2D eigenvalue weighted by molar-refractivity contribution is 5.69. The maximum Gasteiger partial charge on any atom is 0.308 e. The van der Waals surface area contributed by atoms with Crippen molar-refractivity contribution < 1.29 is 44.5 Å². The zero-order chi connectivity index (χ0) is 16.9. The van der Waals surface area contributed by atoms with Crippen LogP contribution < -0.4 is 0 Å². The van der Waals surface area contributed by atoms with Crippen LogP contribution in [0.25, 0.3) is 0 Å². The summed E-state index contributed by atoms with van der Waals surface area (Å²) >= 11 is 0. The third-order valence-electron chi connectivity index (χ3n) is 3.40. The molecule has 1 rings (SSSR count). The van der Waals surface area contributed by atoms with Crippen LogP contribution in [0.3, 0.4) is 0 Å². The van der Waals surface area contributed by atoms with Gasteiger partial charge in [-0.3, -0.25) is 4.79 Å². The highest BCUT2D eigenvalue weighted by Crippen LogP contribution is 2.24. The molecule has 1 aliphatic heterocycles. The van der Waals surface area contributed by atoms with Gasteiger partial charge in [-0.1, -0.05) is 0 Å². The summed E-state index contributed by atoms with van der Waals surface area (Å²) in [4.78, 5) is 11.3. The highest BCUT2D eigenvalue weighted by Gasteiger charge is 2.45. The largest absolute Gasteiger partial charge is 0.469 e. The van der Waals surface area contributed by atoms with E-state index in [-0.39, 0.29) is 12.8 Å². The van der Waals surface area contributed by atoms with E-state index < -0.39 is 55.5 Å². The van der Waals surface area contributed by atoms with E-state index in [0.717, 1.165) is 0 Å². The molecular weight excluding hydrogens is 300 g/mol. The zero-order valence-corrected chi connectivity index (χ0v) is 12.5. The average molecular weight is 324 g/mol. The Labute approximate surface area is 128 Å². The molecule has 0 saturated carbocycles. The molecule has 9 heteroatoms. The van der Waals surface area contributed by atoms with E-state index in [2.05, 4.69) is 4.74 Å². The van der Waals surface area contributed by atoms with Gasteiger partial charge < -0.3 is 39.7 Å². The van der Waals surface area contributed by atoms with Gasteiger partial charge >= 0.3 is 5.97 Å². The molecule has 1 heterocycles. The molecule has 0 radical (unpaired) electrons. The molecule has 0 spiro atoms. The van der Waals surface area contributed by atoms with E-state index in [1.54, 1.807) is 0 Å². The summed E-state index contributed by atoms with van der Waals surface area (Å²) in [6.07, 6.45) is -8.80. The van der Waals surface area contributed by atoms with Crippen molar-refractivity contribution in [2.75, 3.05) is 13.7 Å². The summed E-state index contributed by atoms with van der Waals surface area (Å²) in [5.74, 6) is -0.574. The lowest BCUT2D eigenvalue weighted by Crippen LogP contribution is -2.59. The van der Waals surface area contributed by atoms with E-state index in [9.17, 15) is 25.2 Å². The van der Waals surface area contributed by atoms with Crippen molar-refractivity contribution in [2.45, 2.75) is 62.7 Å². The van der Waals surface area contributed by atoms with Crippen molar-refractivity contribution in [3.05, 3.63) is 0 Å². The molecule has 5 N–H and O–H groups in total. The van der Waals surface area contributed by atoms with Crippen molar-refractivity contribution >= 4 is 5.97 Å². The first kappa shape index (κ1) is 19.2. The number of aliphatic hydroxyl groups excluding tert-OH is 5. The fourth-order valence-electron chi connectivity index (χ4n) is 2.21. The summed E-state index contributed by atoms with van der Waals surface area (Å²) in [7, 11) is 1.20. The molecule has 1 fully saturated rings. The molecule has 7 atom stereocenters. The maximum atomic E-state index is 11.3. The molecule has 9 nitrogen and oxygen atoms in total. The van der Waals surface area contributed by atoms with Crippen molar-refractivity contribution in [1.29, 1.82) is 0 Å². The summed E-state index contributed by atoms with van der Waals surface area (Å²) in [6, 6.07) is 0. The number of ether oxygens (including phenoxy) is 3. The Hall–Kier alpha value is -0.810. The van der Waals surface area contributed by atoms with Crippen LogP contribution in [0.5, 0.6) is 0 Å². The van der Waals surface area contributed by atoms with Crippen LogP contribution in [0.2, 0.25) is 0 Å². The van der Waals surface area contributed by atoms with Gasteiger partial charge in [0, 0.05) is 0 Å². The molecule has 1 saturated heterocycles. The van der Waals surface area contributed by atoms with Gasteiger partial charge in [0.05, 0.1) is 32.3 Å². The topological polar surface area (TPSA) is 146 Å². The molecule has 0 unspecified atom stereocenters. The molecule has 130 valence electrons. The average Bonchev–Trinajstić information content (AvgIpc) is 2.46. The fraction of sp³-hybridized carbons (Fsp3) is 0.923. The number of methoxy groups -OCH3 is 1. The number of hydrogen-bond donors (Lipinski definition) is 5. The van der Waals surface area contributed by atoms with Crippen molar-refractivity contribution in [3.63, 3.8) is 0 Å². The minimum Gasteiger partial charge on any atom is -0.469 e. The van der Waals surface area contributed by atoms with Crippen LogP contribution in [0.1, 0.15) is 19.8 Å². The Morgan fingerprint density at radius 3 is 2.36 bits per heavy atom. The van der Waals surface area contributed by atoms with Gasteiger partial charge in [-0.2, -0.15) is 0 Å². The number of carbonyl (C=O) groups excluding carboxylic acids is 1. The van der Waals surface area contributed by atoms with Crippen LogP contribution >= 0.6 is 0 Å². The second kappa shape index (κ2) is 8.73. The summed E-state index contributed by atoms with van der Waals surface area (Å²) < 4.78 is 15.1. The fourth-order valence-corrected chi connectivity index (χ4v) is 2.21. The first-order chi connectivity index (χ1) is 10.3. The quantitative estimate of drug-likeness (QED) is 0.321. The smallest absolute Gasteiger partial charge is 0.308 e. The van der Waals surface area contributed by atoms with Crippen molar-refractivity contribution in [1.82, 2.24) is 0 Å². The second-order valence-electron chi connectivity index (χ2n) is 5.32. The van der Waals surface area contributed by atoms with Gasteiger partial charge in [-0.15, -0.1) is 0 Å². The summed E-state index contributed by atoms with van der Waals surface area (Å²) in [5.41, 5.74) is 0. The lowest BCUT2D eigenvalue weighted by Gasteiger charge is -2.40. The van der Waals surface area contributed by atoms with Gasteiger partial charge in [0.15, 0.2) is 6.29 Å². The zero-order valence-electron chi connectivity index (χ0n) is 12.5. The van der Waals surface area contributed by atoms with Crippen LogP contribution in [0, 0.1) is 0 Å². The monoisotopic (exact) mass is 324 g/mol. The highest BCUT2D eigenvalue weighted by atomic mass is 16.7. The Balaban J connectivity index is 2.75. The maximum absolute atomic E-state index is 11.3. The number of aliphatic hydroxyl groups is 5. The second-order valence-corrected chi connectivity index (χ2v) is 5.32. The third-order valence-corrected chi connectivity index (χ3v) is 3.40. The number of rotatable bonds is 7. The lowest BCUT2D eigenvalue weighted by atomic mass is 9.99. The van der Waals surface area contributed by atoms with Crippen molar-refractivity contribution in [2.24, 2.45) is 0 Å². The van der Waals surface area contributed by atoms with Gasteiger partial charge in [0.25, 0.3) is 0 Å². The SMILES string of the molecule is COC(=O)C[C@@H](C[C@@H](C)O)O[C@@H]1O[C@H](CO)[C@@H](O)[C@H](O)[C@H]1O. The third kappa shape index (κ3) is 5.13. The minimum atomic E-state index is -1.57.